The summed E-state index contributed by atoms with van der Waals surface area (Å²) in [4.78, 5) is 18.5. The van der Waals surface area contributed by atoms with Gasteiger partial charge in [0.1, 0.15) is 0 Å². The number of carbonyl (C=O) groups excluding carboxylic acids is 1. The second kappa shape index (κ2) is 11.4. The van der Waals surface area contributed by atoms with Crippen LogP contribution in [0.2, 0.25) is 0 Å². The molecule has 0 spiro atoms. The third-order valence-corrected chi connectivity index (χ3v) is 5.18. The molecule has 0 radical (unpaired) electrons. The average molecular weight is 410 g/mol. The highest BCUT2D eigenvalue weighted by atomic mass is 16.5. The van der Waals surface area contributed by atoms with Crippen molar-refractivity contribution >= 4 is 11.9 Å². The van der Waals surface area contributed by atoms with Crippen molar-refractivity contribution in [3.8, 4) is 0 Å². The van der Waals surface area contributed by atoms with Crippen LogP contribution in [-0.4, -0.2) is 50.2 Å². The smallest absolute Gasteiger partial charge is 0.338 e. The zero-order valence-electron chi connectivity index (χ0n) is 17.8. The van der Waals surface area contributed by atoms with Crippen LogP contribution in [0.3, 0.4) is 0 Å². The van der Waals surface area contributed by atoms with E-state index in [0.29, 0.717) is 31.2 Å². The van der Waals surface area contributed by atoms with E-state index in [0.717, 1.165) is 37.6 Å². The molecule has 0 bridgehead atoms. The highest BCUT2D eigenvalue weighted by Crippen LogP contribution is 2.17. The topological polar surface area (TPSA) is 63.2 Å². The molecule has 6 nitrogen and oxygen atoms in total. The van der Waals surface area contributed by atoms with E-state index < -0.39 is 0 Å². The van der Waals surface area contributed by atoms with Gasteiger partial charge < -0.3 is 19.7 Å². The predicted octanol–water partition coefficient (Wildman–Crippen LogP) is 3.48. The van der Waals surface area contributed by atoms with Crippen molar-refractivity contribution in [2.75, 3.05) is 33.4 Å². The molecule has 160 valence electrons. The molecule has 1 saturated heterocycles. The number of aliphatic imine (C=N–C) groups is 1. The summed E-state index contributed by atoms with van der Waals surface area (Å²) >= 11 is 0. The molecular weight excluding hydrogens is 378 g/mol. The lowest BCUT2D eigenvalue weighted by atomic mass is 10.1. The van der Waals surface area contributed by atoms with Gasteiger partial charge in [-0.1, -0.05) is 42.5 Å². The second-order valence-electron chi connectivity index (χ2n) is 7.42. The lowest BCUT2D eigenvalue weighted by molar-refractivity contribution is 0.0526. The van der Waals surface area contributed by atoms with Gasteiger partial charge in [0.2, 0.25) is 0 Å². The Morgan fingerprint density at radius 3 is 2.60 bits per heavy atom. The number of hydrogen-bond donors (Lipinski definition) is 1. The molecule has 1 heterocycles. The maximum absolute atomic E-state index is 11.8. The van der Waals surface area contributed by atoms with Gasteiger partial charge in [-0.2, -0.15) is 0 Å². The van der Waals surface area contributed by atoms with E-state index >= 15 is 0 Å². The van der Waals surface area contributed by atoms with Crippen LogP contribution in [0.1, 0.15) is 34.8 Å². The van der Waals surface area contributed by atoms with Crippen molar-refractivity contribution in [2.24, 2.45) is 10.9 Å². The quantitative estimate of drug-likeness (QED) is 0.411. The van der Waals surface area contributed by atoms with Gasteiger partial charge in [-0.3, -0.25) is 4.99 Å². The maximum Gasteiger partial charge on any atom is 0.338 e. The molecular formula is C24H31N3O3. The van der Waals surface area contributed by atoms with E-state index in [1.165, 1.54) is 5.56 Å². The highest BCUT2D eigenvalue weighted by molar-refractivity contribution is 5.89. The third kappa shape index (κ3) is 6.32. The normalized spacial score (nSPS) is 16.5. The molecule has 1 N–H and O–H groups in total. The first kappa shape index (κ1) is 21.8. The van der Waals surface area contributed by atoms with Crippen LogP contribution in [-0.2, 0) is 22.6 Å². The molecule has 2 aromatic carbocycles. The number of benzene rings is 2. The molecule has 1 fully saturated rings. The van der Waals surface area contributed by atoms with Crippen LogP contribution in [0.25, 0.3) is 0 Å². The van der Waals surface area contributed by atoms with E-state index in [2.05, 4.69) is 27.3 Å². The standard InChI is InChI=1S/C24H31N3O3/c1-3-30-23(28)22-11-9-19(10-12-22)15-26-24(25-2)27-14-13-21(16-27)18-29-17-20-7-5-4-6-8-20/h4-12,21H,3,13-18H2,1-2H3,(H,25,26). The number of esters is 1. The van der Waals surface area contributed by atoms with Crippen LogP contribution < -0.4 is 5.32 Å². The van der Waals surface area contributed by atoms with Crippen molar-refractivity contribution in [3.05, 3.63) is 71.3 Å². The van der Waals surface area contributed by atoms with Gasteiger partial charge in [-0.05, 0) is 36.6 Å². The number of carbonyl (C=O) groups is 1. The number of nitrogens with one attached hydrogen (secondary N) is 1. The van der Waals surface area contributed by atoms with Crippen molar-refractivity contribution in [2.45, 2.75) is 26.5 Å². The minimum atomic E-state index is -0.287. The second-order valence-corrected chi connectivity index (χ2v) is 7.42. The summed E-state index contributed by atoms with van der Waals surface area (Å²) in [7, 11) is 1.81. The van der Waals surface area contributed by atoms with Gasteiger partial charge in [0.25, 0.3) is 0 Å². The summed E-state index contributed by atoms with van der Waals surface area (Å²) in [5, 5.41) is 3.42. The maximum atomic E-state index is 11.8. The zero-order chi connectivity index (χ0) is 21.2. The first-order valence-electron chi connectivity index (χ1n) is 10.5. The minimum absolute atomic E-state index is 0.287. The third-order valence-electron chi connectivity index (χ3n) is 5.18. The Hall–Kier alpha value is -2.86. The average Bonchev–Trinajstić information content (AvgIpc) is 3.24. The SMILES string of the molecule is CCOC(=O)c1ccc(CNC(=NC)N2CCC(COCc3ccccc3)C2)cc1. The summed E-state index contributed by atoms with van der Waals surface area (Å²) in [6.07, 6.45) is 1.10. The minimum Gasteiger partial charge on any atom is -0.462 e. The van der Waals surface area contributed by atoms with E-state index in [-0.39, 0.29) is 5.97 Å². The Morgan fingerprint density at radius 2 is 1.90 bits per heavy atom. The Morgan fingerprint density at radius 1 is 1.13 bits per heavy atom. The summed E-state index contributed by atoms with van der Waals surface area (Å²) < 4.78 is 10.9. The molecule has 2 aromatic rings. The number of likely N-dealkylation sites (tertiary alicyclic amines) is 1. The van der Waals surface area contributed by atoms with Crippen LogP contribution >= 0.6 is 0 Å². The van der Waals surface area contributed by atoms with Gasteiger partial charge in [0.05, 0.1) is 25.4 Å². The molecule has 6 heteroatoms. The number of rotatable bonds is 8. The molecule has 1 aliphatic heterocycles. The largest absolute Gasteiger partial charge is 0.462 e. The van der Waals surface area contributed by atoms with Gasteiger partial charge >= 0.3 is 5.97 Å². The first-order valence-corrected chi connectivity index (χ1v) is 10.5. The van der Waals surface area contributed by atoms with Crippen molar-refractivity contribution in [1.29, 1.82) is 0 Å². The monoisotopic (exact) mass is 409 g/mol. The fourth-order valence-electron chi connectivity index (χ4n) is 3.57. The first-order chi connectivity index (χ1) is 14.7. The lowest BCUT2D eigenvalue weighted by Crippen LogP contribution is -2.39. The summed E-state index contributed by atoms with van der Waals surface area (Å²) in [6, 6.07) is 17.8. The zero-order valence-corrected chi connectivity index (χ0v) is 17.8. The van der Waals surface area contributed by atoms with E-state index in [9.17, 15) is 4.79 Å². The van der Waals surface area contributed by atoms with Crippen LogP contribution in [0.4, 0.5) is 0 Å². The Bertz CT molecular complexity index is 821. The summed E-state index contributed by atoms with van der Waals surface area (Å²) in [5.41, 5.74) is 2.87. The van der Waals surface area contributed by atoms with Crippen molar-refractivity contribution in [1.82, 2.24) is 10.2 Å². The molecule has 1 unspecified atom stereocenters. The Kier molecular flexibility index (Phi) is 8.27. The van der Waals surface area contributed by atoms with Gasteiger partial charge in [-0.25, -0.2) is 4.79 Å². The van der Waals surface area contributed by atoms with Gasteiger partial charge in [-0.15, -0.1) is 0 Å². The molecule has 1 atom stereocenters. The van der Waals surface area contributed by atoms with Gasteiger partial charge in [0, 0.05) is 32.6 Å². The molecule has 0 saturated carbocycles. The Balaban J connectivity index is 1.42. The van der Waals surface area contributed by atoms with Crippen molar-refractivity contribution in [3.63, 3.8) is 0 Å². The molecule has 0 aromatic heterocycles. The fraction of sp³-hybridized carbons (Fsp3) is 0.417. The number of hydrogen-bond acceptors (Lipinski definition) is 4. The van der Waals surface area contributed by atoms with Crippen LogP contribution in [0.5, 0.6) is 0 Å². The molecule has 0 aliphatic carbocycles. The van der Waals surface area contributed by atoms with E-state index in [1.54, 1.807) is 19.1 Å². The van der Waals surface area contributed by atoms with Crippen LogP contribution in [0, 0.1) is 5.92 Å². The molecule has 3 rings (SSSR count). The lowest BCUT2D eigenvalue weighted by Gasteiger charge is -2.22. The highest BCUT2D eigenvalue weighted by Gasteiger charge is 2.25. The van der Waals surface area contributed by atoms with E-state index in [4.69, 9.17) is 9.47 Å². The predicted molar refractivity (Wildman–Crippen MR) is 118 cm³/mol. The number of ether oxygens (including phenoxy) is 2. The molecule has 1 aliphatic rings. The van der Waals surface area contributed by atoms with Crippen molar-refractivity contribution < 1.29 is 14.3 Å². The Labute approximate surface area is 178 Å². The summed E-state index contributed by atoms with van der Waals surface area (Å²) in [5.74, 6) is 1.12. The number of nitrogens with zero attached hydrogens (tertiary/aromatic N) is 2. The van der Waals surface area contributed by atoms with E-state index in [1.807, 2.05) is 37.4 Å². The summed E-state index contributed by atoms with van der Waals surface area (Å²) in [6.45, 7) is 6.18. The molecule has 30 heavy (non-hydrogen) atoms. The number of guanidine groups is 1. The fourth-order valence-corrected chi connectivity index (χ4v) is 3.57. The van der Waals surface area contributed by atoms with Gasteiger partial charge in [0.15, 0.2) is 5.96 Å². The van der Waals surface area contributed by atoms with Crippen LogP contribution in [0.15, 0.2) is 59.6 Å². The molecule has 0 amide bonds.